The number of rotatable bonds is 2. The van der Waals surface area contributed by atoms with Gasteiger partial charge in [0, 0.05) is 35.6 Å². The van der Waals surface area contributed by atoms with Crippen molar-refractivity contribution >= 4 is 27.5 Å². The van der Waals surface area contributed by atoms with Crippen LogP contribution in [0.4, 0.5) is 5.69 Å². The lowest BCUT2D eigenvalue weighted by Gasteiger charge is -2.34. The third-order valence-electron chi connectivity index (χ3n) is 3.67. The highest BCUT2D eigenvalue weighted by Gasteiger charge is 2.28. The fraction of sp³-hybridized carbons (Fsp3) is 0.500. The SMILES string of the molecule is Cc1cc(C(=O)N2CCC(C)C(Br)C2)cc([N+](=O)[O-])c1. The van der Waals surface area contributed by atoms with Gasteiger partial charge in [0.25, 0.3) is 11.6 Å². The predicted molar refractivity (Wildman–Crippen MR) is 80.2 cm³/mol. The zero-order chi connectivity index (χ0) is 14.9. The molecule has 108 valence electrons. The van der Waals surface area contributed by atoms with Crippen LogP contribution in [0.1, 0.15) is 29.3 Å². The highest BCUT2D eigenvalue weighted by Crippen LogP contribution is 2.25. The van der Waals surface area contributed by atoms with E-state index in [2.05, 4.69) is 22.9 Å². The Morgan fingerprint density at radius 1 is 1.45 bits per heavy atom. The van der Waals surface area contributed by atoms with E-state index in [1.165, 1.54) is 12.1 Å². The van der Waals surface area contributed by atoms with Crippen LogP contribution < -0.4 is 0 Å². The second kappa shape index (κ2) is 5.91. The van der Waals surface area contributed by atoms with Crippen molar-refractivity contribution in [3.8, 4) is 0 Å². The third-order valence-corrected chi connectivity index (χ3v) is 4.87. The van der Waals surface area contributed by atoms with Gasteiger partial charge in [0.05, 0.1) is 4.92 Å². The topological polar surface area (TPSA) is 63.5 Å². The van der Waals surface area contributed by atoms with Crippen LogP contribution in [-0.4, -0.2) is 33.6 Å². The van der Waals surface area contributed by atoms with Crippen LogP contribution in [0.25, 0.3) is 0 Å². The summed E-state index contributed by atoms with van der Waals surface area (Å²) in [7, 11) is 0. The Bertz CT molecular complexity index is 547. The first-order chi connectivity index (χ1) is 9.38. The quantitative estimate of drug-likeness (QED) is 0.472. The smallest absolute Gasteiger partial charge is 0.270 e. The minimum atomic E-state index is -0.463. The number of carbonyl (C=O) groups excluding carboxylic acids is 1. The monoisotopic (exact) mass is 340 g/mol. The summed E-state index contributed by atoms with van der Waals surface area (Å²) in [5.74, 6) is 0.402. The molecule has 20 heavy (non-hydrogen) atoms. The average Bonchev–Trinajstić information content (AvgIpc) is 2.40. The molecule has 0 N–H and O–H groups in total. The number of benzene rings is 1. The maximum absolute atomic E-state index is 12.5. The molecule has 1 aromatic carbocycles. The highest BCUT2D eigenvalue weighted by atomic mass is 79.9. The minimum absolute atomic E-state index is 0.0332. The Hall–Kier alpha value is -1.43. The number of nitro benzene ring substituents is 1. The van der Waals surface area contributed by atoms with E-state index < -0.39 is 4.92 Å². The van der Waals surface area contributed by atoms with Crippen LogP contribution in [0.15, 0.2) is 18.2 Å². The number of nitro groups is 1. The molecule has 0 aromatic heterocycles. The summed E-state index contributed by atoms with van der Waals surface area (Å²) in [6, 6.07) is 4.54. The molecular weight excluding hydrogens is 324 g/mol. The Kier molecular flexibility index (Phi) is 4.42. The summed E-state index contributed by atoms with van der Waals surface area (Å²) >= 11 is 3.58. The zero-order valence-corrected chi connectivity index (χ0v) is 13.1. The number of hydrogen-bond acceptors (Lipinski definition) is 3. The van der Waals surface area contributed by atoms with Crippen molar-refractivity contribution in [3.63, 3.8) is 0 Å². The van der Waals surface area contributed by atoms with E-state index in [9.17, 15) is 14.9 Å². The molecule has 2 unspecified atom stereocenters. The van der Waals surface area contributed by atoms with Crippen LogP contribution in [0.5, 0.6) is 0 Å². The van der Waals surface area contributed by atoms with E-state index in [0.29, 0.717) is 24.6 Å². The molecule has 0 bridgehead atoms. The number of nitrogens with zero attached hydrogens (tertiary/aromatic N) is 2. The second-order valence-corrected chi connectivity index (χ2v) is 6.52. The summed E-state index contributed by atoms with van der Waals surface area (Å²) in [6.45, 7) is 5.25. The molecule has 0 saturated carbocycles. The van der Waals surface area contributed by atoms with Gasteiger partial charge in [0.15, 0.2) is 0 Å². The molecule has 1 aromatic rings. The molecule has 1 fully saturated rings. The summed E-state index contributed by atoms with van der Waals surface area (Å²) in [5, 5.41) is 10.9. The minimum Gasteiger partial charge on any atom is -0.338 e. The van der Waals surface area contributed by atoms with Crippen molar-refractivity contribution in [1.29, 1.82) is 0 Å². The molecule has 1 saturated heterocycles. The van der Waals surface area contributed by atoms with Gasteiger partial charge in [-0.15, -0.1) is 0 Å². The van der Waals surface area contributed by atoms with E-state index in [1.807, 2.05) is 0 Å². The number of amides is 1. The molecule has 0 aliphatic carbocycles. The van der Waals surface area contributed by atoms with Gasteiger partial charge in [-0.3, -0.25) is 14.9 Å². The van der Waals surface area contributed by atoms with Crippen LogP contribution in [0.2, 0.25) is 0 Å². The van der Waals surface area contributed by atoms with Gasteiger partial charge in [-0.1, -0.05) is 22.9 Å². The maximum atomic E-state index is 12.5. The van der Waals surface area contributed by atoms with Crippen molar-refractivity contribution in [2.45, 2.75) is 25.1 Å². The highest BCUT2D eigenvalue weighted by molar-refractivity contribution is 9.09. The Labute approximate surface area is 126 Å². The van der Waals surface area contributed by atoms with E-state index in [0.717, 1.165) is 12.0 Å². The first-order valence-corrected chi connectivity index (χ1v) is 7.49. The van der Waals surface area contributed by atoms with Crippen molar-refractivity contribution in [3.05, 3.63) is 39.4 Å². The molecule has 5 nitrogen and oxygen atoms in total. The lowest BCUT2D eigenvalue weighted by atomic mass is 9.98. The van der Waals surface area contributed by atoms with E-state index in [-0.39, 0.29) is 16.4 Å². The van der Waals surface area contributed by atoms with Gasteiger partial charge in [-0.05, 0) is 30.9 Å². The number of alkyl halides is 1. The van der Waals surface area contributed by atoms with E-state index >= 15 is 0 Å². The number of piperidine rings is 1. The standard InChI is InChI=1S/C14H17BrN2O3/c1-9-5-11(7-12(6-9)17(19)20)14(18)16-4-3-10(2)13(15)8-16/h5-7,10,13H,3-4,8H2,1-2H3. The largest absolute Gasteiger partial charge is 0.338 e. The molecule has 1 aliphatic heterocycles. The molecule has 1 amide bonds. The van der Waals surface area contributed by atoms with Gasteiger partial charge in [-0.25, -0.2) is 0 Å². The van der Waals surface area contributed by atoms with Gasteiger partial charge in [-0.2, -0.15) is 0 Å². The number of aryl methyl sites for hydroxylation is 1. The van der Waals surface area contributed by atoms with Crippen LogP contribution >= 0.6 is 15.9 Å². The van der Waals surface area contributed by atoms with Gasteiger partial charge >= 0.3 is 0 Å². The fourth-order valence-corrected chi connectivity index (χ4v) is 2.99. The summed E-state index contributed by atoms with van der Waals surface area (Å²) in [6.07, 6.45) is 0.940. The predicted octanol–water partition coefficient (Wildman–Crippen LogP) is 3.15. The fourth-order valence-electron chi connectivity index (χ4n) is 2.38. The van der Waals surface area contributed by atoms with Crippen molar-refractivity contribution in [2.24, 2.45) is 5.92 Å². The summed E-state index contributed by atoms with van der Waals surface area (Å²) in [4.78, 5) is 24.9. The molecule has 0 spiro atoms. The Balaban J connectivity index is 2.23. The number of carbonyl (C=O) groups is 1. The molecule has 1 aliphatic rings. The van der Waals surface area contributed by atoms with Crippen molar-refractivity contribution in [2.75, 3.05) is 13.1 Å². The molecule has 2 rings (SSSR count). The van der Waals surface area contributed by atoms with Crippen LogP contribution in [0.3, 0.4) is 0 Å². The Morgan fingerprint density at radius 2 is 2.15 bits per heavy atom. The lowest BCUT2D eigenvalue weighted by Crippen LogP contribution is -2.43. The summed E-state index contributed by atoms with van der Waals surface area (Å²) < 4.78 is 0. The van der Waals surface area contributed by atoms with E-state index in [4.69, 9.17) is 0 Å². The zero-order valence-electron chi connectivity index (χ0n) is 11.5. The number of hydrogen-bond donors (Lipinski definition) is 0. The molecule has 6 heteroatoms. The third kappa shape index (κ3) is 3.17. The molecule has 0 radical (unpaired) electrons. The normalized spacial score (nSPS) is 22.6. The second-order valence-electron chi connectivity index (χ2n) is 5.35. The Morgan fingerprint density at radius 3 is 2.75 bits per heavy atom. The lowest BCUT2D eigenvalue weighted by molar-refractivity contribution is -0.384. The number of non-ortho nitro benzene ring substituents is 1. The van der Waals surface area contributed by atoms with E-state index in [1.54, 1.807) is 17.9 Å². The first kappa shape index (κ1) is 15.0. The van der Waals surface area contributed by atoms with Crippen LogP contribution in [-0.2, 0) is 0 Å². The average molecular weight is 341 g/mol. The first-order valence-electron chi connectivity index (χ1n) is 6.58. The molecule has 1 heterocycles. The van der Waals surface area contributed by atoms with Gasteiger partial charge in [0.1, 0.15) is 0 Å². The number of likely N-dealkylation sites (tertiary alicyclic amines) is 1. The molecule has 2 atom stereocenters. The maximum Gasteiger partial charge on any atom is 0.270 e. The van der Waals surface area contributed by atoms with Crippen molar-refractivity contribution in [1.82, 2.24) is 4.90 Å². The van der Waals surface area contributed by atoms with Crippen LogP contribution in [0, 0.1) is 23.0 Å². The molecular formula is C14H17BrN2O3. The summed E-state index contributed by atoms with van der Waals surface area (Å²) in [5.41, 5.74) is 1.09. The van der Waals surface area contributed by atoms with Gasteiger partial charge < -0.3 is 4.90 Å². The van der Waals surface area contributed by atoms with Crippen molar-refractivity contribution < 1.29 is 9.72 Å². The van der Waals surface area contributed by atoms with Gasteiger partial charge in [0.2, 0.25) is 0 Å². The number of halogens is 1.